The van der Waals surface area contributed by atoms with E-state index in [-0.39, 0.29) is 5.91 Å². The number of nitrogens with one attached hydrogen (secondary N) is 2. The summed E-state index contributed by atoms with van der Waals surface area (Å²) in [6.45, 7) is 4.97. The third-order valence-electron chi connectivity index (χ3n) is 2.62. The topological polar surface area (TPSA) is 41.1 Å². The van der Waals surface area contributed by atoms with Crippen molar-refractivity contribution < 1.29 is 4.79 Å². The molecular weight excluding hydrogens is 176 g/mol. The van der Waals surface area contributed by atoms with Crippen LogP contribution in [0.4, 0.5) is 0 Å². The third-order valence-corrected chi connectivity index (χ3v) is 2.62. The monoisotopic (exact) mass is 198 g/mol. The highest BCUT2D eigenvalue weighted by atomic mass is 16.1. The third kappa shape index (κ3) is 4.61. The van der Waals surface area contributed by atoms with Crippen LogP contribution in [0.2, 0.25) is 0 Å². The van der Waals surface area contributed by atoms with Gasteiger partial charge in [0.1, 0.15) is 0 Å². The molecule has 1 aliphatic carbocycles. The normalized spacial score (nSPS) is 17.6. The second kappa shape index (κ2) is 6.02. The van der Waals surface area contributed by atoms with Gasteiger partial charge in [0, 0.05) is 25.0 Å². The van der Waals surface area contributed by atoms with Gasteiger partial charge in [0.05, 0.1) is 0 Å². The van der Waals surface area contributed by atoms with Gasteiger partial charge < -0.3 is 10.6 Å². The molecule has 0 unspecified atom stereocenters. The SMILES string of the molecule is CC(C)NCCC(=O)NC1CCCC1. The molecule has 1 fully saturated rings. The highest BCUT2D eigenvalue weighted by Crippen LogP contribution is 2.17. The molecule has 1 rings (SSSR count). The molecule has 0 aromatic heterocycles. The number of hydrogen-bond donors (Lipinski definition) is 2. The van der Waals surface area contributed by atoms with Crippen molar-refractivity contribution in [3.63, 3.8) is 0 Å². The lowest BCUT2D eigenvalue weighted by Crippen LogP contribution is -2.35. The Bertz CT molecular complexity index is 174. The van der Waals surface area contributed by atoms with E-state index < -0.39 is 0 Å². The van der Waals surface area contributed by atoms with E-state index >= 15 is 0 Å². The van der Waals surface area contributed by atoms with E-state index in [1.165, 1.54) is 25.7 Å². The summed E-state index contributed by atoms with van der Waals surface area (Å²) >= 11 is 0. The molecule has 0 spiro atoms. The van der Waals surface area contributed by atoms with Gasteiger partial charge in [0.15, 0.2) is 0 Å². The van der Waals surface area contributed by atoms with Gasteiger partial charge in [-0.2, -0.15) is 0 Å². The Kier molecular flexibility index (Phi) is 4.94. The summed E-state index contributed by atoms with van der Waals surface area (Å²) in [5, 5.41) is 6.31. The Hall–Kier alpha value is -0.570. The predicted octanol–water partition coefficient (Wildman–Crippen LogP) is 1.43. The van der Waals surface area contributed by atoms with Gasteiger partial charge in [-0.15, -0.1) is 0 Å². The maximum Gasteiger partial charge on any atom is 0.221 e. The zero-order valence-electron chi connectivity index (χ0n) is 9.31. The van der Waals surface area contributed by atoms with E-state index in [0.717, 1.165) is 6.54 Å². The molecule has 0 heterocycles. The average Bonchev–Trinajstić information content (AvgIpc) is 2.56. The van der Waals surface area contributed by atoms with E-state index in [1.54, 1.807) is 0 Å². The lowest BCUT2D eigenvalue weighted by molar-refractivity contribution is -0.121. The van der Waals surface area contributed by atoms with Crippen LogP contribution in [-0.4, -0.2) is 24.5 Å². The van der Waals surface area contributed by atoms with Gasteiger partial charge in [-0.1, -0.05) is 26.7 Å². The Labute approximate surface area is 86.6 Å². The van der Waals surface area contributed by atoms with Crippen LogP contribution in [0.5, 0.6) is 0 Å². The molecule has 14 heavy (non-hydrogen) atoms. The van der Waals surface area contributed by atoms with Crippen LogP contribution in [-0.2, 0) is 4.79 Å². The Balaban J connectivity index is 2.03. The van der Waals surface area contributed by atoms with Crippen LogP contribution in [0.15, 0.2) is 0 Å². The van der Waals surface area contributed by atoms with Gasteiger partial charge in [-0.05, 0) is 12.8 Å². The summed E-state index contributed by atoms with van der Waals surface area (Å²) < 4.78 is 0. The number of hydrogen-bond acceptors (Lipinski definition) is 2. The van der Waals surface area contributed by atoms with Gasteiger partial charge in [0.2, 0.25) is 5.91 Å². The zero-order valence-corrected chi connectivity index (χ0v) is 9.31. The van der Waals surface area contributed by atoms with Gasteiger partial charge in [-0.25, -0.2) is 0 Å². The van der Waals surface area contributed by atoms with Crippen molar-refractivity contribution in [3.05, 3.63) is 0 Å². The zero-order chi connectivity index (χ0) is 10.4. The standard InChI is InChI=1S/C11H22N2O/c1-9(2)12-8-7-11(14)13-10-5-3-4-6-10/h9-10,12H,3-8H2,1-2H3,(H,13,14). The minimum atomic E-state index is 0.199. The molecule has 0 atom stereocenters. The van der Waals surface area contributed by atoms with E-state index in [9.17, 15) is 4.79 Å². The lowest BCUT2D eigenvalue weighted by atomic mass is 10.2. The van der Waals surface area contributed by atoms with Crippen molar-refractivity contribution in [1.82, 2.24) is 10.6 Å². The predicted molar refractivity (Wildman–Crippen MR) is 58.2 cm³/mol. The molecule has 0 bridgehead atoms. The van der Waals surface area contributed by atoms with Crippen LogP contribution >= 0.6 is 0 Å². The molecule has 2 N–H and O–H groups in total. The molecule has 3 heteroatoms. The summed E-state index contributed by atoms with van der Waals surface area (Å²) in [6.07, 6.45) is 5.49. The smallest absolute Gasteiger partial charge is 0.221 e. The van der Waals surface area contributed by atoms with Crippen LogP contribution in [0.25, 0.3) is 0 Å². The summed E-state index contributed by atoms with van der Waals surface area (Å²) in [4.78, 5) is 11.4. The lowest BCUT2D eigenvalue weighted by Gasteiger charge is -2.12. The van der Waals surface area contributed by atoms with Crippen molar-refractivity contribution in [2.75, 3.05) is 6.54 Å². The fraction of sp³-hybridized carbons (Fsp3) is 0.909. The van der Waals surface area contributed by atoms with E-state index in [2.05, 4.69) is 24.5 Å². The maximum atomic E-state index is 11.4. The van der Waals surface area contributed by atoms with Crippen molar-refractivity contribution in [2.45, 2.75) is 58.0 Å². The summed E-state index contributed by atoms with van der Waals surface area (Å²) in [5.41, 5.74) is 0. The maximum absolute atomic E-state index is 11.4. The molecule has 0 saturated heterocycles. The first-order valence-corrected chi connectivity index (χ1v) is 5.71. The number of rotatable bonds is 5. The van der Waals surface area contributed by atoms with Crippen LogP contribution in [0.3, 0.4) is 0 Å². The van der Waals surface area contributed by atoms with E-state index in [0.29, 0.717) is 18.5 Å². The van der Waals surface area contributed by atoms with Crippen LogP contribution in [0.1, 0.15) is 46.0 Å². The van der Waals surface area contributed by atoms with E-state index in [4.69, 9.17) is 0 Å². The highest BCUT2D eigenvalue weighted by Gasteiger charge is 2.16. The van der Waals surface area contributed by atoms with Crippen molar-refractivity contribution in [3.8, 4) is 0 Å². The average molecular weight is 198 g/mol. The van der Waals surface area contributed by atoms with Crippen LogP contribution in [0, 0.1) is 0 Å². The molecule has 3 nitrogen and oxygen atoms in total. The van der Waals surface area contributed by atoms with Crippen molar-refractivity contribution >= 4 is 5.91 Å². The van der Waals surface area contributed by atoms with Gasteiger partial charge in [-0.3, -0.25) is 4.79 Å². The van der Waals surface area contributed by atoms with Crippen LogP contribution < -0.4 is 10.6 Å². The Morgan fingerprint density at radius 2 is 2.00 bits per heavy atom. The summed E-state index contributed by atoms with van der Waals surface area (Å²) in [7, 11) is 0. The fourth-order valence-corrected chi connectivity index (χ4v) is 1.84. The first kappa shape index (κ1) is 11.5. The molecular formula is C11H22N2O. The first-order chi connectivity index (χ1) is 6.68. The Morgan fingerprint density at radius 3 is 2.57 bits per heavy atom. The van der Waals surface area contributed by atoms with Crippen molar-refractivity contribution in [1.29, 1.82) is 0 Å². The molecule has 1 aliphatic rings. The Morgan fingerprint density at radius 1 is 1.36 bits per heavy atom. The molecule has 0 radical (unpaired) electrons. The fourth-order valence-electron chi connectivity index (χ4n) is 1.84. The molecule has 0 aliphatic heterocycles. The molecule has 0 aromatic carbocycles. The van der Waals surface area contributed by atoms with Gasteiger partial charge >= 0.3 is 0 Å². The second-order valence-electron chi connectivity index (χ2n) is 4.41. The quantitative estimate of drug-likeness (QED) is 0.701. The summed E-state index contributed by atoms with van der Waals surface area (Å²) in [5.74, 6) is 0.199. The first-order valence-electron chi connectivity index (χ1n) is 5.71. The minimum absolute atomic E-state index is 0.199. The van der Waals surface area contributed by atoms with E-state index in [1.807, 2.05) is 0 Å². The number of carbonyl (C=O) groups excluding carboxylic acids is 1. The highest BCUT2D eigenvalue weighted by molar-refractivity contribution is 5.76. The second-order valence-corrected chi connectivity index (χ2v) is 4.41. The van der Waals surface area contributed by atoms with Crippen molar-refractivity contribution in [2.24, 2.45) is 0 Å². The summed E-state index contributed by atoms with van der Waals surface area (Å²) in [6, 6.07) is 0.927. The van der Waals surface area contributed by atoms with Gasteiger partial charge in [0.25, 0.3) is 0 Å². The molecule has 0 aromatic rings. The minimum Gasteiger partial charge on any atom is -0.353 e. The molecule has 1 saturated carbocycles. The molecule has 1 amide bonds. The largest absolute Gasteiger partial charge is 0.353 e. The number of carbonyl (C=O) groups is 1. The molecule has 82 valence electrons. The number of amides is 1.